The monoisotopic (exact) mass is 244 g/mol. The fraction of sp³-hybridized carbons (Fsp3) is 0.200. The summed E-state index contributed by atoms with van der Waals surface area (Å²) in [6, 6.07) is 15.8. The Balaban J connectivity index is 0.000000492. The van der Waals surface area contributed by atoms with Gasteiger partial charge in [-0.25, -0.2) is 0 Å². The molecule has 0 aromatic heterocycles. The summed E-state index contributed by atoms with van der Waals surface area (Å²) in [6.07, 6.45) is 0.791. The normalized spacial score (nSPS) is 9.44. The third-order valence-corrected chi connectivity index (χ3v) is 2.47. The first-order chi connectivity index (χ1) is 8.69. The van der Waals surface area contributed by atoms with Crippen LogP contribution in [-0.4, -0.2) is 14.2 Å². The van der Waals surface area contributed by atoms with Crippen LogP contribution in [0.5, 0.6) is 0 Å². The third-order valence-electron chi connectivity index (χ3n) is 2.47. The van der Waals surface area contributed by atoms with Crippen molar-refractivity contribution in [3.05, 3.63) is 59.7 Å². The smallest absolute Gasteiger partial charge is 0.0370 e. The number of benzene rings is 2. The Kier molecular flexibility index (Phi) is 5.74. The van der Waals surface area contributed by atoms with Crippen molar-refractivity contribution in [1.82, 2.24) is 0 Å². The molecule has 0 saturated heterocycles. The van der Waals surface area contributed by atoms with Crippen LogP contribution in [0.3, 0.4) is 0 Å². The van der Waals surface area contributed by atoms with Gasteiger partial charge < -0.3 is 16.2 Å². The number of rotatable bonds is 2. The van der Waals surface area contributed by atoms with Gasteiger partial charge in [-0.3, -0.25) is 0 Å². The number of anilines is 2. The molecular formula is C15H20N2O. The number of nitrogens with two attached hydrogens (primary N) is 2. The Bertz CT molecular complexity index is 449. The minimum atomic E-state index is 0.763. The molecule has 2 rings (SSSR count). The molecule has 3 nitrogen and oxygen atoms in total. The lowest BCUT2D eigenvalue weighted by atomic mass is 10.0. The molecule has 0 unspecified atom stereocenters. The second-order valence-corrected chi connectivity index (χ2v) is 3.99. The minimum Gasteiger partial charge on any atom is -0.398 e. The Morgan fingerprint density at radius 1 is 0.833 bits per heavy atom. The summed E-state index contributed by atoms with van der Waals surface area (Å²) in [5, 5.41) is 0. The third kappa shape index (κ3) is 4.11. The second-order valence-electron chi connectivity index (χ2n) is 3.99. The summed E-state index contributed by atoms with van der Waals surface area (Å²) in [7, 11) is 3.25. The molecule has 0 saturated carbocycles. The first-order valence-electron chi connectivity index (χ1n) is 5.76. The zero-order valence-corrected chi connectivity index (χ0v) is 10.9. The second kappa shape index (κ2) is 7.35. The van der Waals surface area contributed by atoms with Crippen molar-refractivity contribution in [1.29, 1.82) is 0 Å². The van der Waals surface area contributed by atoms with Gasteiger partial charge in [0.25, 0.3) is 0 Å². The van der Waals surface area contributed by atoms with Gasteiger partial charge in [0.05, 0.1) is 0 Å². The molecule has 0 radical (unpaired) electrons. The van der Waals surface area contributed by atoms with Crippen molar-refractivity contribution in [2.24, 2.45) is 0 Å². The zero-order chi connectivity index (χ0) is 13.4. The Morgan fingerprint density at radius 2 is 1.33 bits per heavy atom. The summed E-state index contributed by atoms with van der Waals surface area (Å²) in [5.41, 5.74) is 15.5. The van der Waals surface area contributed by atoms with Crippen molar-refractivity contribution >= 4 is 11.4 Å². The van der Waals surface area contributed by atoms with E-state index in [2.05, 4.69) is 16.9 Å². The molecule has 96 valence electrons. The molecular weight excluding hydrogens is 224 g/mol. The molecule has 0 atom stereocenters. The van der Waals surface area contributed by atoms with Gasteiger partial charge in [0.1, 0.15) is 0 Å². The molecule has 0 spiro atoms. The van der Waals surface area contributed by atoms with Gasteiger partial charge in [0.15, 0.2) is 0 Å². The van der Waals surface area contributed by atoms with E-state index < -0.39 is 0 Å². The SMILES string of the molecule is COC.Nc1cccc(N)c1Cc1ccccc1. The molecule has 0 bridgehead atoms. The van der Waals surface area contributed by atoms with Gasteiger partial charge in [-0.2, -0.15) is 0 Å². The number of hydrogen-bond acceptors (Lipinski definition) is 3. The maximum absolute atomic E-state index is 5.89. The number of ether oxygens (including phenoxy) is 1. The number of methoxy groups -OCH3 is 1. The van der Waals surface area contributed by atoms with Gasteiger partial charge in [0, 0.05) is 37.6 Å². The summed E-state index contributed by atoms with van der Waals surface area (Å²) in [4.78, 5) is 0. The maximum atomic E-state index is 5.89. The minimum absolute atomic E-state index is 0.763. The lowest BCUT2D eigenvalue weighted by Crippen LogP contribution is -2.00. The van der Waals surface area contributed by atoms with E-state index in [4.69, 9.17) is 11.5 Å². The van der Waals surface area contributed by atoms with Crippen LogP contribution >= 0.6 is 0 Å². The average molecular weight is 244 g/mol. The van der Waals surface area contributed by atoms with E-state index in [-0.39, 0.29) is 0 Å². The fourth-order valence-corrected chi connectivity index (χ4v) is 1.63. The lowest BCUT2D eigenvalue weighted by Gasteiger charge is -2.08. The highest BCUT2D eigenvalue weighted by molar-refractivity contribution is 5.62. The highest BCUT2D eigenvalue weighted by Gasteiger charge is 2.03. The zero-order valence-electron chi connectivity index (χ0n) is 10.9. The van der Waals surface area contributed by atoms with Crippen LogP contribution in [0.4, 0.5) is 11.4 Å². The standard InChI is InChI=1S/C13H14N2.C2H6O/c14-12-7-4-8-13(15)11(12)9-10-5-2-1-3-6-10;1-3-2/h1-8H,9,14-15H2;1-2H3. The van der Waals surface area contributed by atoms with Gasteiger partial charge in [0.2, 0.25) is 0 Å². The molecule has 0 aliphatic carbocycles. The lowest BCUT2D eigenvalue weighted by molar-refractivity contribution is 0.277. The van der Waals surface area contributed by atoms with E-state index in [1.54, 1.807) is 14.2 Å². The Hall–Kier alpha value is -2.00. The van der Waals surface area contributed by atoms with Crippen LogP contribution in [0, 0.1) is 0 Å². The van der Waals surface area contributed by atoms with Crippen LogP contribution < -0.4 is 11.5 Å². The van der Waals surface area contributed by atoms with Crippen LogP contribution in [0.15, 0.2) is 48.5 Å². The van der Waals surface area contributed by atoms with Crippen molar-refractivity contribution in [3.8, 4) is 0 Å². The number of hydrogen-bond donors (Lipinski definition) is 2. The molecule has 0 aliphatic heterocycles. The summed E-state index contributed by atoms with van der Waals surface area (Å²) >= 11 is 0. The van der Waals surface area contributed by atoms with Gasteiger partial charge in [-0.1, -0.05) is 36.4 Å². The molecule has 18 heavy (non-hydrogen) atoms. The Morgan fingerprint density at radius 3 is 1.83 bits per heavy atom. The van der Waals surface area contributed by atoms with E-state index in [1.807, 2.05) is 36.4 Å². The van der Waals surface area contributed by atoms with E-state index in [9.17, 15) is 0 Å². The molecule has 3 heteroatoms. The maximum Gasteiger partial charge on any atom is 0.0370 e. The van der Waals surface area contributed by atoms with Crippen molar-refractivity contribution in [3.63, 3.8) is 0 Å². The van der Waals surface area contributed by atoms with Crippen molar-refractivity contribution < 1.29 is 4.74 Å². The average Bonchev–Trinajstić information content (AvgIpc) is 2.36. The van der Waals surface area contributed by atoms with Crippen LogP contribution in [-0.2, 0) is 11.2 Å². The van der Waals surface area contributed by atoms with Crippen molar-refractivity contribution in [2.75, 3.05) is 25.7 Å². The highest BCUT2D eigenvalue weighted by atomic mass is 16.4. The molecule has 0 heterocycles. The van der Waals surface area contributed by atoms with E-state index in [0.29, 0.717) is 0 Å². The van der Waals surface area contributed by atoms with Crippen LogP contribution in [0.25, 0.3) is 0 Å². The van der Waals surface area contributed by atoms with Gasteiger partial charge in [-0.05, 0) is 17.7 Å². The summed E-state index contributed by atoms with van der Waals surface area (Å²) < 4.78 is 4.25. The first kappa shape index (κ1) is 14.1. The van der Waals surface area contributed by atoms with E-state index in [1.165, 1.54) is 5.56 Å². The number of nitrogen functional groups attached to an aromatic ring is 2. The molecule has 0 aliphatic rings. The van der Waals surface area contributed by atoms with Gasteiger partial charge in [-0.15, -0.1) is 0 Å². The fourth-order valence-electron chi connectivity index (χ4n) is 1.63. The topological polar surface area (TPSA) is 61.3 Å². The summed E-state index contributed by atoms with van der Waals surface area (Å²) in [6.45, 7) is 0. The van der Waals surface area contributed by atoms with Crippen LogP contribution in [0.1, 0.15) is 11.1 Å². The first-order valence-corrected chi connectivity index (χ1v) is 5.76. The Labute approximate surface area is 108 Å². The van der Waals surface area contributed by atoms with Gasteiger partial charge >= 0.3 is 0 Å². The predicted molar refractivity (Wildman–Crippen MR) is 77.4 cm³/mol. The van der Waals surface area contributed by atoms with E-state index in [0.717, 1.165) is 23.4 Å². The quantitative estimate of drug-likeness (QED) is 0.798. The molecule has 4 N–H and O–H groups in total. The van der Waals surface area contributed by atoms with Crippen LogP contribution in [0.2, 0.25) is 0 Å². The molecule has 2 aromatic rings. The highest BCUT2D eigenvalue weighted by Crippen LogP contribution is 2.22. The molecule has 0 fully saturated rings. The summed E-state index contributed by atoms with van der Waals surface area (Å²) in [5.74, 6) is 0. The van der Waals surface area contributed by atoms with Crippen molar-refractivity contribution in [2.45, 2.75) is 6.42 Å². The predicted octanol–water partition coefficient (Wildman–Crippen LogP) is 2.70. The molecule has 0 amide bonds. The molecule has 2 aromatic carbocycles. The van der Waals surface area contributed by atoms with E-state index >= 15 is 0 Å². The largest absolute Gasteiger partial charge is 0.398 e.